The summed E-state index contributed by atoms with van der Waals surface area (Å²) in [7, 11) is 0. The second kappa shape index (κ2) is 3.98. The van der Waals surface area contributed by atoms with Crippen LogP contribution >= 0.6 is 0 Å². The second-order valence-corrected chi connectivity index (χ2v) is 3.27. The third kappa shape index (κ3) is 1.98. The molecule has 2 rings (SSSR count). The molecule has 2 aromatic rings. The van der Waals surface area contributed by atoms with E-state index in [-0.39, 0.29) is 17.4 Å². The third-order valence-corrected chi connectivity index (χ3v) is 2.03. The van der Waals surface area contributed by atoms with Crippen molar-refractivity contribution in [2.45, 2.75) is 0 Å². The molecule has 0 amide bonds. The Kier molecular flexibility index (Phi) is 2.51. The number of nitrogens with zero attached hydrogens (tertiary/aromatic N) is 1. The molecule has 5 nitrogen and oxygen atoms in total. The molecule has 0 aliphatic carbocycles. The maximum absolute atomic E-state index is 5.73. The van der Waals surface area contributed by atoms with Crippen molar-refractivity contribution in [2.75, 3.05) is 17.2 Å². The standard InChI is InChI=1S/C11H12N4O/c12-8-6-9(13)15-11(10(8)14)16-7-4-2-1-3-5-7/h1-6H,14H2,(H4,12,13,15). The van der Waals surface area contributed by atoms with Crippen LogP contribution in [0.2, 0.25) is 0 Å². The number of hydrogen-bond acceptors (Lipinski definition) is 5. The van der Waals surface area contributed by atoms with Crippen molar-refractivity contribution in [1.29, 1.82) is 0 Å². The Labute approximate surface area is 92.8 Å². The first-order valence-electron chi connectivity index (χ1n) is 4.71. The van der Waals surface area contributed by atoms with Gasteiger partial charge in [0.05, 0.1) is 5.69 Å². The van der Waals surface area contributed by atoms with Crippen molar-refractivity contribution in [3.63, 3.8) is 0 Å². The van der Waals surface area contributed by atoms with E-state index in [4.69, 9.17) is 21.9 Å². The van der Waals surface area contributed by atoms with E-state index in [0.29, 0.717) is 11.4 Å². The number of hydrogen-bond donors (Lipinski definition) is 3. The van der Waals surface area contributed by atoms with Gasteiger partial charge in [-0.1, -0.05) is 18.2 Å². The molecular weight excluding hydrogens is 204 g/mol. The molecular formula is C11H12N4O. The Hall–Kier alpha value is -2.43. The van der Waals surface area contributed by atoms with Crippen LogP contribution in [-0.2, 0) is 0 Å². The maximum Gasteiger partial charge on any atom is 0.246 e. The van der Waals surface area contributed by atoms with Gasteiger partial charge in [0.25, 0.3) is 0 Å². The number of anilines is 3. The zero-order chi connectivity index (χ0) is 11.5. The molecule has 0 aliphatic rings. The summed E-state index contributed by atoms with van der Waals surface area (Å²) in [6, 6.07) is 10.7. The van der Waals surface area contributed by atoms with Crippen LogP contribution in [0.15, 0.2) is 36.4 Å². The van der Waals surface area contributed by atoms with E-state index in [1.165, 1.54) is 6.07 Å². The fourth-order valence-electron chi connectivity index (χ4n) is 1.25. The minimum absolute atomic E-state index is 0.226. The molecule has 1 aromatic carbocycles. The Morgan fingerprint density at radius 3 is 2.38 bits per heavy atom. The van der Waals surface area contributed by atoms with E-state index >= 15 is 0 Å². The lowest BCUT2D eigenvalue weighted by Crippen LogP contribution is -2.02. The van der Waals surface area contributed by atoms with Crippen molar-refractivity contribution >= 4 is 17.2 Å². The van der Waals surface area contributed by atoms with E-state index in [0.717, 1.165) is 0 Å². The van der Waals surface area contributed by atoms with Gasteiger partial charge in [0.1, 0.15) is 17.3 Å². The number of para-hydroxylation sites is 1. The molecule has 1 heterocycles. The molecule has 5 heteroatoms. The first kappa shape index (κ1) is 10.1. The number of pyridine rings is 1. The molecule has 82 valence electrons. The zero-order valence-electron chi connectivity index (χ0n) is 8.55. The number of nitrogen functional groups attached to an aromatic ring is 3. The maximum atomic E-state index is 5.73. The van der Waals surface area contributed by atoms with Crippen LogP contribution in [0.3, 0.4) is 0 Å². The molecule has 0 bridgehead atoms. The molecule has 0 aliphatic heterocycles. The topological polar surface area (TPSA) is 100 Å². The predicted octanol–water partition coefficient (Wildman–Crippen LogP) is 1.62. The SMILES string of the molecule is Nc1cc(N)c(N)c(Oc2ccccc2)n1. The summed E-state index contributed by atoms with van der Waals surface area (Å²) in [5.41, 5.74) is 17.6. The highest BCUT2D eigenvalue weighted by molar-refractivity contribution is 5.71. The van der Waals surface area contributed by atoms with E-state index in [1.54, 1.807) is 12.1 Å². The number of aromatic nitrogens is 1. The summed E-state index contributed by atoms with van der Waals surface area (Å²) in [4.78, 5) is 3.98. The highest BCUT2D eigenvalue weighted by Crippen LogP contribution is 2.30. The smallest absolute Gasteiger partial charge is 0.246 e. The van der Waals surface area contributed by atoms with E-state index in [1.807, 2.05) is 18.2 Å². The molecule has 0 atom stereocenters. The van der Waals surface area contributed by atoms with E-state index in [9.17, 15) is 0 Å². The number of benzene rings is 1. The Morgan fingerprint density at radius 2 is 1.69 bits per heavy atom. The van der Waals surface area contributed by atoms with Gasteiger partial charge in [-0.15, -0.1) is 0 Å². The quantitative estimate of drug-likeness (QED) is 0.708. The van der Waals surface area contributed by atoms with E-state index in [2.05, 4.69) is 4.98 Å². The van der Waals surface area contributed by atoms with Gasteiger partial charge in [-0.25, -0.2) is 0 Å². The van der Waals surface area contributed by atoms with Crippen molar-refractivity contribution in [3.05, 3.63) is 36.4 Å². The lowest BCUT2D eigenvalue weighted by atomic mass is 10.3. The van der Waals surface area contributed by atoms with Crippen molar-refractivity contribution in [3.8, 4) is 11.6 Å². The second-order valence-electron chi connectivity index (χ2n) is 3.27. The molecule has 16 heavy (non-hydrogen) atoms. The summed E-state index contributed by atoms with van der Waals surface area (Å²) in [5.74, 6) is 1.13. The largest absolute Gasteiger partial charge is 0.437 e. The van der Waals surface area contributed by atoms with Gasteiger partial charge < -0.3 is 21.9 Å². The number of ether oxygens (including phenoxy) is 1. The molecule has 0 fully saturated rings. The van der Waals surface area contributed by atoms with Gasteiger partial charge in [-0.3, -0.25) is 0 Å². The normalized spacial score (nSPS) is 10.0. The third-order valence-electron chi connectivity index (χ3n) is 2.03. The lowest BCUT2D eigenvalue weighted by Gasteiger charge is -2.09. The van der Waals surface area contributed by atoms with Crippen molar-refractivity contribution in [2.24, 2.45) is 0 Å². The van der Waals surface area contributed by atoms with Crippen LogP contribution in [-0.4, -0.2) is 4.98 Å². The first-order valence-corrected chi connectivity index (χ1v) is 4.71. The van der Waals surface area contributed by atoms with Crippen LogP contribution in [0, 0.1) is 0 Å². The minimum atomic E-state index is 0.226. The monoisotopic (exact) mass is 216 g/mol. The predicted molar refractivity (Wildman–Crippen MR) is 64.0 cm³/mol. The fraction of sp³-hybridized carbons (Fsp3) is 0. The number of nitrogens with two attached hydrogens (primary N) is 3. The zero-order valence-corrected chi connectivity index (χ0v) is 8.55. The van der Waals surface area contributed by atoms with Gasteiger partial charge in [0.2, 0.25) is 5.88 Å². The molecule has 0 saturated heterocycles. The van der Waals surface area contributed by atoms with Crippen LogP contribution in [0.5, 0.6) is 11.6 Å². The molecule has 0 spiro atoms. The summed E-state index contributed by atoms with van der Waals surface area (Å²) < 4.78 is 5.47. The van der Waals surface area contributed by atoms with Gasteiger partial charge in [-0.05, 0) is 12.1 Å². The Morgan fingerprint density at radius 1 is 1.00 bits per heavy atom. The van der Waals surface area contributed by atoms with Crippen LogP contribution in [0.25, 0.3) is 0 Å². The Balaban J connectivity index is 2.35. The van der Waals surface area contributed by atoms with Gasteiger partial charge in [-0.2, -0.15) is 4.98 Å². The average Bonchev–Trinajstić information content (AvgIpc) is 2.27. The van der Waals surface area contributed by atoms with Crippen LogP contribution in [0.4, 0.5) is 17.2 Å². The summed E-state index contributed by atoms with van der Waals surface area (Å²) in [6.45, 7) is 0. The van der Waals surface area contributed by atoms with Crippen molar-refractivity contribution in [1.82, 2.24) is 4.98 Å². The first-order chi connectivity index (χ1) is 7.66. The highest BCUT2D eigenvalue weighted by Gasteiger charge is 2.08. The lowest BCUT2D eigenvalue weighted by molar-refractivity contribution is 0.467. The highest BCUT2D eigenvalue weighted by atomic mass is 16.5. The fourth-order valence-corrected chi connectivity index (χ4v) is 1.25. The van der Waals surface area contributed by atoms with Crippen LogP contribution < -0.4 is 21.9 Å². The summed E-state index contributed by atoms with van der Waals surface area (Å²) in [5, 5.41) is 0. The van der Waals surface area contributed by atoms with Crippen molar-refractivity contribution < 1.29 is 4.74 Å². The van der Waals surface area contributed by atoms with E-state index < -0.39 is 0 Å². The van der Waals surface area contributed by atoms with Gasteiger partial charge >= 0.3 is 0 Å². The summed E-state index contributed by atoms with van der Waals surface area (Å²) in [6.07, 6.45) is 0. The molecule has 0 saturated carbocycles. The minimum Gasteiger partial charge on any atom is -0.437 e. The number of rotatable bonds is 2. The Bertz CT molecular complexity index is 499. The molecule has 6 N–H and O–H groups in total. The van der Waals surface area contributed by atoms with Crippen LogP contribution in [0.1, 0.15) is 0 Å². The summed E-state index contributed by atoms with van der Waals surface area (Å²) >= 11 is 0. The average molecular weight is 216 g/mol. The van der Waals surface area contributed by atoms with Gasteiger partial charge in [0, 0.05) is 6.07 Å². The molecule has 0 unspecified atom stereocenters. The molecule has 0 radical (unpaired) electrons. The van der Waals surface area contributed by atoms with Gasteiger partial charge in [0.15, 0.2) is 0 Å². The molecule has 1 aromatic heterocycles.